The summed E-state index contributed by atoms with van der Waals surface area (Å²) in [6.45, 7) is 4.14. The van der Waals surface area contributed by atoms with Crippen molar-refractivity contribution in [1.29, 1.82) is 0 Å². The van der Waals surface area contributed by atoms with Crippen LogP contribution in [0.2, 0.25) is 6.04 Å². The van der Waals surface area contributed by atoms with Gasteiger partial charge in [0.25, 0.3) is 7.83 Å². The van der Waals surface area contributed by atoms with Crippen LogP contribution in [-0.2, 0) is 4.43 Å². The molecule has 1 aliphatic rings. The van der Waals surface area contributed by atoms with Crippen LogP contribution in [0.5, 0.6) is 0 Å². The van der Waals surface area contributed by atoms with Crippen molar-refractivity contribution in [1.82, 2.24) is 0 Å². The molecule has 1 aliphatic heterocycles. The van der Waals surface area contributed by atoms with Crippen LogP contribution in [0.1, 0.15) is 6.42 Å². The zero-order valence-corrected chi connectivity index (χ0v) is 20.2. The second-order valence-corrected chi connectivity index (χ2v) is 19.4. The lowest BCUT2D eigenvalue weighted by Gasteiger charge is -2.53. The average Bonchev–Trinajstić information content (AvgIpc) is 2.90. The minimum absolute atomic E-state index is 0.0649. The molecular formula is C29H28OSi2. The van der Waals surface area contributed by atoms with E-state index in [1.807, 2.05) is 6.08 Å². The van der Waals surface area contributed by atoms with Gasteiger partial charge >= 0.3 is 0 Å². The first-order valence-corrected chi connectivity index (χ1v) is 16.5. The maximum Gasteiger partial charge on any atom is 0.251 e. The van der Waals surface area contributed by atoms with Gasteiger partial charge in [-0.15, -0.1) is 6.58 Å². The lowest BCUT2D eigenvalue weighted by atomic mass is 10.3. The number of hydrogen-bond donors (Lipinski definition) is 0. The van der Waals surface area contributed by atoms with Crippen molar-refractivity contribution in [3.05, 3.63) is 134 Å². The smallest absolute Gasteiger partial charge is 0.251 e. The fourth-order valence-electron chi connectivity index (χ4n) is 5.54. The molecule has 1 heterocycles. The van der Waals surface area contributed by atoms with Crippen molar-refractivity contribution >= 4 is 36.2 Å². The largest absolute Gasteiger partial charge is 0.404 e. The van der Waals surface area contributed by atoms with Crippen molar-refractivity contribution in [2.75, 3.05) is 0 Å². The van der Waals surface area contributed by atoms with Gasteiger partial charge in [-0.3, -0.25) is 0 Å². The monoisotopic (exact) mass is 448 g/mol. The number of benzene rings is 4. The van der Waals surface area contributed by atoms with Crippen molar-refractivity contribution < 1.29 is 4.43 Å². The van der Waals surface area contributed by atoms with E-state index >= 15 is 0 Å². The molecule has 0 radical (unpaired) electrons. The molecule has 0 bridgehead atoms. The van der Waals surface area contributed by atoms with E-state index in [0.29, 0.717) is 0 Å². The van der Waals surface area contributed by atoms with Crippen LogP contribution in [0.3, 0.4) is 0 Å². The quantitative estimate of drug-likeness (QED) is 0.330. The van der Waals surface area contributed by atoms with Gasteiger partial charge in [-0.1, -0.05) is 138 Å². The highest BCUT2D eigenvalue weighted by atomic mass is 29.3. The van der Waals surface area contributed by atoms with Gasteiger partial charge in [0, 0.05) is 0 Å². The van der Waals surface area contributed by atoms with Gasteiger partial charge in [0.15, 0.2) is 7.59 Å². The Morgan fingerprint density at radius 3 is 1.34 bits per heavy atom. The first-order valence-electron chi connectivity index (χ1n) is 11.3. The highest BCUT2D eigenvalue weighted by Crippen LogP contribution is 2.34. The molecule has 1 unspecified atom stereocenters. The van der Waals surface area contributed by atoms with Gasteiger partial charge in [-0.05, 0) is 22.8 Å². The van der Waals surface area contributed by atoms with Gasteiger partial charge in [0.2, 0.25) is 0 Å². The Kier molecular flexibility index (Phi) is 5.79. The van der Waals surface area contributed by atoms with E-state index in [-0.39, 0.29) is 6.10 Å². The fourth-order valence-corrected chi connectivity index (χ4v) is 23.6. The first kappa shape index (κ1) is 20.9. The fraction of sp³-hybridized carbons (Fsp3) is 0.103. The van der Waals surface area contributed by atoms with E-state index in [4.69, 9.17) is 4.43 Å². The maximum atomic E-state index is 7.40. The molecule has 0 amide bonds. The van der Waals surface area contributed by atoms with Gasteiger partial charge in [0.1, 0.15) is 0 Å². The highest BCUT2D eigenvalue weighted by molar-refractivity contribution is 7.57. The molecule has 3 heteroatoms. The molecule has 0 saturated carbocycles. The van der Waals surface area contributed by atoms with Crippen LogP contribution in [-0.4, -0.2) is 21.5 Å². The van der Waals surface area contributed by atoms with Crippen LogP contribution >= 0.6 is 0 Å². The average molecular weight is 449 g/mol. The van der Waals surface area contributed by atoms with Crippen LogP contribution in [0.25, 0.3) is 0 Å². The van der Waals surface area contributed by atoms with E-state index in [2.05, 4.69) is 128 Å². The Bertz CT molecular complexity index is 1080. The van der Waals surface area contributed by atoms with Crippen LogP contribution in [0, 0.1) is 0 Å². The Labute approximate surface area is 193 Å². The summed E-state index contributed by atoms with van der Waals surface area (Å²) >= 11 is 0. The zero-order valence-electron chi connectivity index (χ0n) is 18.2. The summed E-state index contributed by atoms with van der Waals surface area (Å²) in [7, 11) is -5.10. The zero-order chi connectivity index (χ0) is 21.9. The standard InChI is InChI=1S/C29H28OSi2/c1-2-25-23-24-31(26-15-7-3-8-16-26,27-17-9-4-10-18-27)32(30-25,28-19-11-5-12-20-28)29-21-13-6-14-22-29/h2-22,25H,1,23-24H2. The van der Waals surface area contributed by atoms with Crippen LogP contribution in [0.15, 0.2) is 134 Å². The summed E-state index contributed by atoms with van der Waals surface area (Å²) in [5.41, 5.74) is 0. The van der Waals surface area contributed by atoms with E-state index in [9.17, 15) is 0 Å². The molecule has 5 rings (SSSR count). The molecule has 1 saturated heterocycles. The minimum Gasteiger partial charge on any atom is -0.404 e. The van der Waals surface area contributed by atoms with E-state index in [0.717, 1.165) is 12.5 Å². The highest BCUT2D eigenvalue weighted by Gasteiger charge is 2.64. The number of hydrogen-bond acceptors (Lipinski definition) is 1. The predicted octanol–water partition coefficient (Wildman–Crippen LogP) is 4.06. The Balaban J connectivity index is 1.93. The van der Waals surface area contributed by atoms with Gasteiger partial charge < -0.3 is 4.43 Å². The Morgan fingerprint density at radius 1 is 0.594 bits per heavy atom. The van der Waals surface area contributed by atoms with Crippen molar-refractivity contribution in [3.8, 4) is 0 Å². The number of rotatable bonds is 5. The summed E-state index contributed by atoms with van der Waals surface area (Å²) < 4.78 is 7.40. The van der Waals surface area contributed by atoms with Crippen molar-refractivity contribution in [2.45, 2.75) is 18.6 Å². The normalized spacial score (nSPS) is 19.2. The molecule has 32 heavy (non-hydrogen) atoms. The summed E-state index contributed by atoms with van der Waals surface area (Å²) in [4.78, 5) is 0. The summed E-state index contributed by atoms with van der Waals surface area (Å²) in [6.07, 6.45) is 3.09. The second kappa shape index (κ2) is 8.87. The molecule has 0 spiro atoms. The summed E-state index contributed by atoms with van der Waals surface area (Å²) in [5, 5.41) is 5.65. The molecule has 1 atom stereocenters. The van der Waals surface area contributed by atoms with E-state index in [1.165, 1.54) is 20.7 Å². The molecule has 4 aromatic rings. The lowest BCUT2D eigenvalue weighted by molar-refractivity contribution is 0.242. The van der Waals surface area contributed by atoms with Gasteiger partial charge in [-0.25, -0.2) is 0 Å². The molecule has 1 nitrogen and oxygen atoms in total. The van der Waals surface area contributed by atoms with Crippen molar-refractivity contribution in [3.63, 3.8) is 0 Å². The first-order chi connectivity index (χ1) is 15.8. The van der Waals surface area contributed by atoms with E-state index in [1.54, 1.807) is 0 Å². The third-order valence-electron chi connectivity index (χ3n) is 6.89. The van der Waals surface area contributed by atoms with Gasteiger partial charge in [-0.2, -0.15) is 0 Å². The SMILES string of the molecule is C=CC1CC[Si](c2ccccc2)(c2ccccc2)[Si](c2ccccc2)(c2ccccc2)O1. The molecule has 4 aromatic carbocycles. The summed E-state index contributed by atoms with van der Waals surface area (Å²) in [5.74, 6) is 0. The second-order valence-electron chi connectivity index (χ2n) is 8.48. The molecule has 1 fully saturated rings. The molecule has 158 valence electrons. The van der Waals surface area contributed by atoms with Crippen LogP contribution in [0.4, 0.5) is 0 Å². The Hall–Kier alpha value is -2.99. The lowest BCUT2D eigenvalue weighted by Crippen LogP contribution is -2.88. The van der Waals surface area contributed by atoms with Crippen molar-refractivity contribution in [2.24, 2.45) is 0 Å². The third kappa shape index (κ3) is 3.25. The summed E-state index contributed by atoms with van der Waals surface area (Å²) in [6, 6.07) is 45.7. The van der Waals surface area contributed by atoms with Gasteiger partial charge in [0.05, 0.1) is 6.10 Å². The maximum absolute atomic E-state index is 7.40. The molecular weight excluding hydrogens is 420 g/mol. The predicted molar refractivity (Wildman–Crippen MR) is 140 cm³/mol. The molecule has 0 N–H and O–H groups in total. The molecule has 0 aromatic heterocycles. The molecule has 0 aliphatic carbocycles. The Morgan fingerprint density at radius 2 is 0.969 bits per heavy atom. The minimum atomic E-state index is -2.71. The van der Waals surface area contributed by atoms with Crippen LogP contribution < -0.4 is 20.7 Å². The van der Waals surface area contributed by atoms with E-state index < -0.39 is 15.4 Å². The third-order valence-corrected chi connectivity index (χ3v) is 22.9. The topological polar surface area (TPSA) is 9.23 Å².